The Bertz CT molecular complexity index is 752. The minimum absolute atomic E-state index is 0.104. The smallest absolute Gasteiger partial charge is 0.246 e. The fourth-order valence-corrected chi connectivity index (χ4v) is 2.30. The molecule has 0 aliphatic carbocycles. The molecule has 1 unspecified atom stereocenters. The molecule has 2 rings (SSSR count). The standard InChI is InChI=1S/C20H23N3O/c1-14(19(24)23-18-7-5-6-15(12-18)13-21)22-17-10-8-16(9-11-17)20(2,3)4/h5-12,14,22H,1-4H3,(H,23,24). The van der Waals surface area contributed by atoms with Crippen LogP contribution in [0.5, 0.6) is 0 Å². The van der Waals surface area contributed by atoms with Crippen LogP contribution in [0.25, 0.3) is 0 Å². The van der Waals surface area contributed by atoms with Gasteiger partial charge < -0.3 is 10.6 Å². The number of anilines is 2. The molecule has 1 atom stereocenters. The Morgan fingerprint density at radius 1 is 1.08 bits per heavy atom. The molecule has 0 bridgehead atoms. The molecular weight excluding hydrogens is 298 g/mol. The maximum atomic E-state index is 12.3. The molecular formula is C20H23N3O. The SMILES string of the molecule is CC(Nc1ccc(C(C)(C)C)cc1)C(=O)Nc1cccc(C#N)c1. The summed E-state index contributed by atoms with van der Waals surface area (Å²) in [5.41, 5.74) is 3.39. The second-order valence-electron chi connectivity index (χ2n) is 6.88. The monoisotopic (exact) mass is 321 g/mol. The highest BCUT2D eigenvalue weighted by Crippen LogP contribution is 2.23. The van der Waals surface area contributed by atoms with Gasteiger partial charge in [0, 0.05) is 11.4 Å². The lowest BCUT2D eigenvalue weighted by atomic mass is 9.87. The number of nitriles is 1. The van der Waals surface area contributed by atoms with Crippen molar-refractivity contribution in [1.82, 2.24) is 0 Å². The molecule has 4 heteroatoms. The Hall–Kier alpha value is -2.80. The van der Waals surface area contributed by atoms with E-state index in [2.05, 4.69) is 49.6 Å². The van der Waals surface area contributed by atoms with E-state index < -0.39 is 6.04 Å². The lowest BCUT2D eigenvalue weighted by Crippen LogP contribution is -2.31. The van der Waals surface area contributed by atoms with E-state index in [0.717, 1.165) is 5.69 Å². The molecule has 2 N–H and O–H groups in total. The van der Waals surface area contributed by atoms with Crippen LogP contribution in [-0.4, -0.2) is 11.9 Å². The molecule has 0 radical (unpaired) electrons. The molecule has 0 heterocycles. The lowest BCUT2D eigenvalue weighted by Gasteiger charge is -2.20. The molecule has 0 aliphatic heterocycles. The molecule has 2 aromatic carbocycles. The third-order valence-electron chi connectivity index (χ3n) is 3.79. The average Bonchev–Trinajstić information content (AvgIpc) is 2.54. The van der Waals surface area contributed by atoms with Gasteiger partial charge >= 0.3 is 0 Å². The van der Waals surface area contributed by atoms with Crippen molar-refractivity contribution >= 4 is 17.3 Å². The number of hydrogen-bond acceptors (Lipinski definition) is 3. The zero-order valence-corrected chi connectivity index (χ0v) is 14.6. The van der Waals surface area contributed by atoms with E-state index in [9.17, 15) is 4.79 Å². The van der Waals surface area contributed by atoms with Crippen molar-refractivity contribution in [3.05, 3.63) is 59.7 Å². The predicted molar refractivity (Wildman–Crippen MR) is 98.0 cm³/mol. The molecule has 0 fully saturated rings. The third-order valence-corrected chi connectivity index (χ3v) is 3.79. The molecule has 4 nitrogen and oxygen atoms in total. The molecule has 0 aliphatic rings. The molecule has 0 spiro atoms. The summed E-state index contributed by atoms with van der Waals surface area (Å²) in [6, 6.07) is 16.7. The largest absolute Gasteiger partial charge is 0.374 e. The number of rotatable bonds is 4. The van der Waals surface area contributed by atoms with Gasteiger partial charge in [-0.1, -0.05) is 39.0 Å². The van der Waals surface area contributed by atoms with Crippen LogP contribution in [0.1, 0.15) is 38.8 Å². The molecule has 0 aromatic heterocycles. The Kier molecular flexibility index (Phi) is 5.25. The van der Waals surface area contributed by atoms with Gasteiger partial charge in [0.25, 0.3) is 0 Å². The first-order chi connectivity index (χ1) is 11.3. The van der Waals surface area contributed by atoms with Crippen LogP contribution >= 0.6 is 0 Å². The summed E-state index contributed by atoms with van der Waals surface area (Å²) in [6.07, 6.45) is 0. The van der Waals surface area contributed by atoms with Crippen molar-refractivity contribution in [2.45, 2.75) is 39.2 Å². The predicted octanol–water partition coefficient (Wildman–Crippen LogP) is 4.29. The highest BCUT2D eigenvalue weighted by atomic mass is 16.2. The summed E-state index contributed by atoms with van der Waals surface area (Å²) >= 11 is 0. The van der Waals surface area contributed by atoms with Crippen molar-refractivity contribution in [1.29, 1.82) is 5.26 Å². The highest BCUT2D eigenvalue weighted by molar-refractivity contribution is 5.96. The van der Waals surface area contributed by atoms with Gasteiger partial charge in [-0.05, 0) is 48.2 Å². The van der Waals surface area contributed by atoms with E-state index in [1.165, 1.54) is 5.56 Å². The van der Waals surface area contributed by atoms with E-state index in [-0.39, 0.29) is 11.3 Å². The number of carbonyl (C=O) groups excluding carboxylic acids is 1. The number of amides is 1. The molecule has 2 aromatic rings. The maximum absolute atomic E-state index is 12.3. The number of nitrogens with zero attached hydrogens (tertiary/aromatic N) is 1. The first kappa shape index (κ1) is 17.6. The topological polar surface area (TPSA) is 64.9 Å². The summed E-state index contributed by atoms with van der Waals surface area (Å²) in [6.45, 7) is 8.31. The lowest BCUT2D eigenvalue weighted by molar-refractivity contribution is -0.116. The van der Waals surface area contributed by atoms with Gasteiger partial charge in [0.2, 0.25) is 5.91 Å². The summed E-state index contributed by atoms with van der Waals surface area (Å²) in [5, 5.41) is 14.9. The fourth-order valence-electron chi connectivity index (χ4n) is 2.30. The van der Waals surface area contributed by atoms with E-state index >= 15 is 0 Å². The van der Waals surface area contributed by atoms with Crippen molar-refractivity contribution in [3.8, 4) is 6.07 Å². The van der Waals surface area contributed by atoms with E-state index in [0.29, 0.717) is 11.3 Å². The maximum Gasteiger partial charge on any atom is 0.246 e. The minimum atomic E-state index is -0.392. The summed E-state index contributed by atoms with van der Waals surface area (Å²) in [7, 11) is 0. The highest BCUT2D eigenvalue weighted by Gasteiger charge is 2.15. The molecule has 24 heavy (non-hydrogen) atoms. The first-order valence-corrected chi connectivity index (χ1v) is 7.98. The van der Waals surface area contributed by atoms with Crippen LogP contribution in [0.4, 0.5) is 11.4 Å². The van der Waals surface area contributed by atoms with E-state index in [4.69, 9.17) is 5.26 Å². The van der Waals surface area contributed by atoms with Gasteiger partial charge in [0.15, 0.2) is 0 Å². The van der Waals surface area contributed by atoms with Crippen LogP contribution in [0.3, 0.4) is 0 Å². The van der Waals surface area contributed by atoms with Crippen LogP contribution < -0.4 is 10.6 Å². The number of nitrogens with one attached hydrogen (secondary N) is 2. The van der Waals surface area contributed by atoms with Crippen molar-refractivity contribution in [3.63, 3.8) is 0 Å². The zero-order chi connectivity index (χ0) is 17.7. The average molecular weight is 321 g/mol. The van der Waals surface area contributed by atoms with E-state index in [1.807, 2.05) is 12.1 Å². The quantitative estimate of drug-likeness (QED) is 0.882. The van der Waals surface area contributed by atoms with Gasteiger partial charge in [-0.25, -0.2) is 0 Å². The van der Waals surface area contributed by atoms with Crippen molar-refractivity contribution in [2.75, 3.05) is 10.6 Å². The van der Waals surface area contributed by atoms with Crippen molar-refractivity contribution in [2.24, 2.45) is 0 Å². The van der Waals surface area contributed by atoms with E-state index in [1.54, 1.807) is 31.2 Å². The molecule has 1 amide bonds. The third kappa shape index (κ3) is 4.60. The second kappa shape index (κ2) is 7.18. The number of benzene rings is 2. The van der Waals surface area contributed by atoms with Crippen LogP contribution in [0, 0.1) is 11.3 Å². The van der Waals surface area contributed by atoms with Gasteiger partial charge in [-0.2, -0.15) is 5.26 Å². The Balaban J connectivity index is 2.00. The fraction of sp³-hybridized carbons (Fsp3) is 0.300. The van der Waals surface area contributed by atoms with Crippen LogP contribution in [-0.2, 0) is 10.2 Å². The molecule has 0 saturated carbocycles. The van der Waals surface area contributed by atoms with Crippen LogP contribution in [0.2, 0.25) is 0 Å². The zero-order valence-electron chi connectivity index (χ0n) is 14.6. The summed E-state index contributed by atoms with van der Waals surface area (Å²) in [4.78, 5) is 12.3. The van der Waals surface area contributed by atoms with Crippen LogP contribution in [0.15, 0.2) is 48.5 Å². The normalized spacial score (nSPS) is 12.1. The Labute approximate surface area is 143 Å². The first-order valence-electron chi connectivity index (χ1n) is 7.98. The number of hydrogen-bond donors (Lipinski definition) is 2. The summed E-state index contributed by atoms with van der Waals surface area (Å²) in [5.74, 6) is -0.148. The van der Waals surface area contributed by atoms with Gasteiger partial charge in [0.1, 0.15) is 6.04 Å². The number of carbonyl (C=O) groups is 1. The minimum Gasteiger partial charge on any atom is -0.374 e. The summed E-state index contributed by atoms with van der Waals surface area (Å²) < 4.78 is 0. The second-order valence-corrected chi connectivity index (χ2v) is 6.88. The van der Waals surface area contributed by atoms with Gasteiger partial charge in [0.05, 0.1) is 11.6 Å². The van der Waals surface area contributed by atoms with Crippen molar-refractivity contribution < 1.29 is 4.79 Å². The van der Waals surface area contributed by atoms with Gasteiger partial charge in [-0.3, -0.25) is 4.79 Å². The Morgan fingerprint density at radius 3 is 2.33 bits per heavy atom. The molecule has 124 valence electrons. The van der Waals surface area contributed by atoms with Gasteiger partial charge in [-0.15, -0.1) is 0 Å². The molecule has 0 saturated heterocycles. The Morgan fingerprint density at radius 2 is 1.75 bits per heavy atom.